The Morgan fingerprint density at radius 2 is 1.82 bits per heavy atom. The van der Waals surface area contributed by atoms with Crippen LogP contribution in [0.5, 0.6) is 5.75 Å². The van der Waals surface area contributed by atoms with E-state index < -0.39 is 5.60 Å². The van der Waals surface area contributed by atoms with Gasteiger partial charge in [0.1, 0.15) is 11.4 Å². The third-order valence-corrected chi connectivity index (χ3v) is 4.27. The van der Waals surface area contributed by atoms with Crippen molar-refractivity contribution in [1.29, 1.82) is 0 Å². The molecular weight excluding hydrogens is 280 g/mol. The van der Waals surface area contributed by atoms with Crippen LogP contribution in [0.15, 0.2) is 24.3 Å². The molecule has 1 amide bonds. The summed E-state index contributed by atoms with van der Waals surface area (Å²) in [5.74, 6) is 0.864. The van der Waals surface area contributed by atoms with Crippen molar-refractivity contribution >= 4 is 11.8 Å². The van der Waals surface area contributed by atoms with Gasteiger partial charge in [-0.15, -0.1) is 0 Å². The highest BCUT2D eigenvalue weighted by molar-refractivity contribution is 5.70. The Bertz CT molecular complexity index is 550. The van der Waals surface area contributed by atoms with Crippen molar-refractivity contribution in [2.45, 2.75) is 44.9 Å². The van der Waals surface area contributed by atoms with Gasteiger partial charge >= 0.3 is 6.09 Å². The lowest BCUT2D eigenvalue weighted by molar-refractivity contribution is 0.0215. The summed E-state index contributed by atoms with van der Waals surface area (Å²) in [6.07, 6.45) is 0.833. The lowest BCUT2D eigenvalue weighted by Gasteiger charge is -2.36. The van der Waals surface area contributed by atoms with Crippen LogP contribution in [-0.2, 0) is 4.74 Å². The number of rotatable bonds is 2. The van der Waals surface area contributed by atoms with E-state index >= 15 is 0 Å². The topological polar surface area (TPSA) is 42.0 Å². The molecule has 0 spiro atoms. The number of likely N-dealkylation sites (tertiary alicyclic amines) is 1. The van der Waals surface area contributed by atoms with Crippen molar-refractivity contribution in [2.75, 3.05) is 25.1 Å². The molecule has 120 valence electrons. The van der Waals surface area contributed by atoms with Crippen molar-refractivity contribution in [2.24, 2.45) is 0 Å². The molecule has 5 nitrogen and oxygen atoms in total. The minimum Gasteiger partial charge on any atom is -0.497 e. The molecule has 0 saturated carbocycles. The predicted molar refractivity (Wildman–Crippen MR) is 85.5 cm³/mol. The zero-order valence-electron chi connectivity index (χ0n) is 13.7. The van der Waals surface area contributed by atoms with Gasteiger partial charge in [0, 0.05) is 24.8 Å². The Morgan fingerprint density at radius 3 is 2.32 bits per heavy atom. The zero-order chi connectivity index (χ0) is 15.9. The molecule has 3 rings (SSSR count). The highest BCUT2D eigenvalue weighted by Gasteiger charge is 2.46. The molecule has 1 aromatic rings. The summed E-state index contributed by atoms with van der Waals surface area (Å²) in [4.78, 5) is 16.5. The molecule has 0 aliphatic carbocycles. The first-order valence-corrected chi connectivity index (χ1v) is 7.78. The third kappa shape index (κ3) is 2.85. The molecule has 2 heterocycles. The van der Waals surface area contributed by atoms with E-state index in [9.17, 15) is 4.79 Å². The second kappa shape index (κ2) is 5.38. The van der Waals surface area contributed by atoms with Crippen LogP contribution in [0.4, 0.5) is 10.5 Å². The van der Waals surface area contributed by atoms with E-state index in [4.69, 9.17) is 9.47 Å². The van der Waals surface area contributed by atoms with Gasteiger partial charge in [0.25, 0.3) is 0 Å². The summed E-state index contributed by atoms with van der Waals surface area (Å²) in [7, 11) is 1.67. The molecule has 0 aromatic heterocycles. The fraction of sp³-hybridized carbons (Fsp3) is 0.588. The molecular formula is C17H24N2O3. The summed E-state index contributed by atoms with van der Waals surface area (Å²) in [5.41, 5.74) is 0.756. The molecule has 2 saturated heterocycles. The Kier molecular flexibility index (Phi) is 3.67. The van der Waals surface area contributed by atoms with E-state index in [1.165, 1.54) is 5.69 Å². The van der Waals surface area contributed by atoms with Crippen LogP contribution in [0, 0.1) is 0 Å². The van der Waals surface area contributed by atoms with Gasteiger partial charge in [0.15, 0.2) is 0 Å². The van der Waals surface area contributed by atoms with Crippen LogP contribution < -0.4 is 9.64 Å². The number of hydrogen-bond acceptors (Lipinski definition) is 4. The number of benzene rings is 1. The van der Waals surface area contributed by atoms with Gasteiger partial charge in [-0.25, -0.2) is 4.79 Å². The van der Waals surface area contributed by atoms with Crippen LogP contribution in [0.3, 0.4) is 0 Å². The number of piperazine rings is 1. The monoisotopic (exact) mass is 304 g/mol. The number of anilines is 1. The Hall–Kier alpha value is -1.91. The fourth-order valence-electron chi connectivity index (χ4n) is 3.30. The number of ether oxygens (including phenoxy) is 2. The van der Waals surface area contributed by atoms with Gasteiger partial charge in [-0.1, -0.05) is 0 Å². The quantitative estimate of drug-likeness (QED) is 0.842. The number of nitrogens with zero attached hydrogens (tertiary/aromatic N) is 2. The average Bonchev–Trinajstić information content (AvgIpc) is 3.05. The molecule has 2 aliphatic rings. The second-order valence-corrected chi connectivity index (χ2v) is 7.03. The standard InChI is InChI=1S/C17H24N2O3/c1-17(2,3)22-16(20)19-11-13-9-14(19)10-18(13)12-5-7-15(21-4)8-6-12/h5-8,13-14H,9-11H2,1-4H3/t13-,14-/m1/s1. The number of amides is 1. The Labute approximate surface area is 131 Å². The molecule has 5 heteroatoms. The number of carbonyl (C=O) groups excluding carboxylic acids is 1. The van der Waals surface area contributed by atoms with E-state index in [2.05, 4.69) is 17.0 Å². The minimum absolute atomic E-state index is 0.186. The van der Waals surface area contributed by atoms with Gasteiger partial charge < -0.3 is 19.3 Å². The minimum atomic E-state index is -0.436. The van der Waals surface area contributed by atoms with Gasteiger partial charge in [-0.2, -0.15) is 0 Å². The van der Waals surface area contributed by atoms with Gasteiger partial charge in [-0.3, -0.25) is 0 Å². The van der Waals surface area contributed by atoms with Gasteiger partial charge in [0.05, 0.1) is 13.2 Å². The highest BCUT2D eigenvalue weighted by atomic mass is 16.6. The molecule has 0 N–H and O–H groups in total. The number of carbonyl (C=O) groups is 1. The fourth-order valence-corrected chi connectivity index (χ4v) is 3.30. The number of methoxy groups -OCH3 is 1. The molecule has 0 unspecified atom stereocenters. The normalized spacial score (nSPS) is 23.8. The summed E-state index contributed by atoms with van der Waals surface area (Å²) in [5, 5.41) is 0. The van der Waals surface area contributed by atoms with Crippen molar-refractivity contribution in [3.63, 3.8) is 0 Å². The smallest absolute Gasteiger partial charge is 0.410 e. The van der Waals surface area contributed by atoms with Crippen LogP contribution in [0.25, 0.3) is 0 Å². The third-order valence-electron chi connectivity index (χ3n) is 4.27. The van der Waals surface area contributed by atoms with Crippen LogP contribution >= 0.6 is 0 Å². The second-order valence-electron chi connectivity index (χ2n) is 7.03. The first kappa shape index (κ1) is 15.0. The average molecular weight is 304 g/mol. The SMILES string of the molecule is COc1ccc(N2C[C@H]3C[C@@H]2CN3C(=O)OC(C)(C)C)cc1. The van der Waals surface area contributed by atoms with Crippen molar-refractivity contribution in [1.82, 2.24) is 4.90 Å². The van der Waals surface area contributed by atoms with E-state index in [0.29, 0.717) is 6.04 Å². The number of fused-ring (bicyclic) bond motifs is 2. The molecule has 2 aliphatic heterocycles. The summed E-state index contributed by atoms with van der Waals surface area (Å²) in [6.45, 7) is 7.33. The molecule has 1 aromatic carbocycles. The summed E-state index contributed by atoms with van der Waals surface area (Å²) >= 11 is 0. The highest BCUT2D eigenvalue weighted by Crippen LogP contribution is 2.35. The van der Waals surface area contributed by atoms with Crippen molar-refractivity contribution < 1.29 is 14.3 Å². The first-order valence-electron chi connectivity index (χ1n) is 7.78. The van der Waals surface area contributed by atoms with Crippen molar-refractivity contribution in [3.8, 4) is 5.75 Å². The van der Waals surface area contributed by atoms with Crippen LogP contribution in [0.2, 0.25) is 0 Å². The maximum atomic E-state index is 12.2. The van der Waals surface area contributed by atoms with Gasteiger partial charge in [0.2, 0.25) is 0 Å². The van der Waals surface area contributed by atoms with Crippen LogP contribution in [-0.4, -0.2) is 48.9 Å². The molecule has 22 heavy (non-hydrogen) atoms. The van der Waals surface area contributed by atoms with Crippen molar-refractivity contribution in [3.05, 3.63) is 24.3 Å². The largest absolute Gasteiger partial charge is 0.497 e. The molecule has 0 radical (unpaired) electrons. The van der Waals surface area contributed by atoms with E-state index in [1.807, 2.05) is 37.8 Å². The van der Waals surface area contributed by atoms with Crippen LogP contribution in [0.1, 0.15) is 27.2 Å². The van der Waals surface area contributed by atoms with E-state index in [1.54, 1.807) is 7.11 Å². The Balaban J connectivity index is 1.65. The van der Waals surface area contributed by atoms with E-state index in [0.717, 1.165) is 25.3 Å². The number of hydrogen-bond donors (Lipinski definition) is 0. The molecule has 2 atom stereocenters. The molecule has 2 fully saturated rings. The maximum Gasteiger partial charge on any atom is 0.410 e. The zero-order valence-corrected chi connectivity index (χ0v) is 13.7. The van der Waals surface area contributed by atoms with Gasteiger partial charge in [-0.05, 0) is 51.5 Å². The maximum absolute atomic E-state index is 12.2. The Morgan fingerprint density at radius 1 is 1.14 bits per heavy atom. The molecule has 2 bridgehead atoms. The lowest BCUT2D eigenvalue weighted by atomic mass is 10.2. The summed E-state index contributed by atoms with van der Waals surface area (Å²) < 4.78 is 10.7. The first-order chi connectivity index (χ1) is 10.4. The summed E-state index contributed by atoms with van der Waals surface area (Å²) in [6, 6.07) is 8.75. The van der Waals surface area contributed by atoms with E-state index in [-0.39, 0.29) is 12.1 Å². The predicted octanol–water partition coefficient (Wildman–Crippen LogP) is 2.89. The lowest BCUT2D eigenvalue weighted by Crippen LogP contribution is -2.50.